The fourth-order valence-corrected chi connectivity index (χ4v) is 2.61. The molecule has 20 heavy (non-hydrogen) atoms. The van der Waals surface area contributed by atoms with Gasteiger partial charge in [0, 0.05) is 6.07 Å². The molecule has 8 heteroatoms. The van der Waals surface area contributed by atoms with Crippen LogP contribution in [0.1, 0.15) is 42.6 Å². The molecule has 1 saturated carbocycles. The molecule has 0 spiro atoms. The largest absolute Gasteiger partial charge is 0.481 e. The van der Waals surface area contributed by atoms with Crippen molar-refractivity contribution < 1.29 is 19.6 Å². The van der Waals surface area contributed by atoms with E-state index in [0.29, 0.717) is 12.8 Å². The predicted octanol–water partition coefficient (Wildman–Crippen LogP) is 1.44. The van der Waals surface area contributed by atoms with E-state index in [1.807, 2.05) is 0 Å². The molecule has 0 saturated heterocycles. The molecule has 1 aromatic rings. The molecule has 1 fully saturated rings. The molecular weight excluding hydrogens is 266 g/mol. The molecular formula is C12H15N3O5. The lowest BCUT2D eigenvalue weighted by molar-refractivity contribution is -0.384. The number of carbonyl (C=O) groups excluding carboxylic acids is 1. The van der Waals surface area contributed by atoms with Crippen molar-refractivity contribution in [1.29, 1.82) is 0 Å². The standard InChI is InChI=1S/C12H15N3O5/c16-10(17)6-12(3-1-2-4-12)14-11(18)9-5-8(7-13-9)15(19)20/h5,7,13H,1-4,6H2,(H,14,18)(H,16,17). The SMILES string of the molecule is O=C(O)CC1(NC(=O)c2cc([N+](=O)[O-])c[nH]2)CCCC1. The molecule has 0 aliphatic heterocycles. The van der Waals surface area contributed by atoms with E-state index in [1.165, 1.54) is 0 Å². The van der Waals surface area contributed by atoms with Crippen LogP contribution in [0.5, 0.6) is 0 Å². The van der Waals surface area contributed by atoms with Crippen molar-refractivity contribution in [2.24, 2.45) is 0 Å². The average molecular weight is 281 g/mol. The van der Waals surface area contributed by atoms with Gasteiger partial charge in [-0.25, -0.2) is 0 Å². The first-order valence-electron chi connectivity index (χ1n) is 6.29. The highest BCUT2D eigenvalue weighted by molar-refractivity contribution is 5.94. The van der Waals surface area contributed by atoms with Crippen LogP contribution in [0.2, 0.25) is 0 Å². The van der Waals surface area contributed by atoms with Crippen molar-refractivity contribution in [1.82, 2.24) is 10.3 Å². The van der Waals surface area contributed by atoms with E-state index in [-0.39, 0.29) is 17.8 Å². The first-order valence-corrected chi connectivity index (χ1v) is 6.29. The Bertz CT molecular complexity index is 545. The van der Waals surface area contributed by atoms with Crippen LogP contribution in [-0.4, -0.2) is 32.4 Å². The maximum Gasteiger partial charge on any atom is 0.305 e. The number of carboxylic acid groups (broad SMARTS) is 1. The zero-order chi connectivity index (χ0) is 14.8. The van der Waals surface area contributed by atoms with Gasteiger partial charge in [-0.1, -0.05) is 12.8 Å². The smallest absolute Gasteiger partial charge is 0.305 e. The predicted molar refractivity (Wildman–Crippen MR) is 68.4 cm³/mol. The van der Waals surface area contributed by atoms with Crippen molar-refractivity contribution in [2.45, 2.75) is 37.6 Å². The van der Waals surface area contributed by atoms with Crippen LogP contribution in [0.25, 0.3) is 0 Å². The van der Waals surface area contributed by atoms with Gasteiger partial charge < -0.3 is 15.4 Å². The van der Waals surface area contributed by atoms with Gasteiger partial charge in [-0.3, -0.25) is 19.7 Å². The summed E-state index contributed by atoms with van der Waals surface area (Å²) in [5.41, 5.74) is -0.884. The average Bonchev–Trinajstić information content (AvgIpc) is 2.96. The quantitative estimate of drug-likeness (QED) is 0.556. The third-order valence-corrected chi connectivity index (χ3v) is 3.55. The Morgan fingerprint density at radius 1 is 1.45 bits per heavy atom. The lowest BCUT2D eigenvalue weighted by Crippen LogP contribution is -2.47. The minimum atomic E-state index is -0.968. The van der Waals surface area contributed by atoms with Crippen molar-refractivity contribution in [3.63, 3.8) is 0 Å². The Morgan fingerprint density at radius 3 is 2.60 bits per heavy atom. The number of aromatic nitrogens is 1. The van der Waals surface area contributed by atoms with Crippen LogP contribution in [0, 0.1) is 10.1 Å². The van der Waals surface area contributed by atoms with Crippen LogP contribution < -0.4 is 5.32 Å². The second-order valence-electron chi connectivity index (χ2n) is 5.04. The molecule has 0 atom stereocenters. The lowest BCUT2D eigenvalue weighted by atomic mass is 9.93. The van der Waals surface area contributed by atoms with Gasteiger partial charge in [0.05, 0.1) is 23.1 Å². The van der Waals surface area contributed by atoms with Gasteiger partial charge in [-0.15, -0.1) is 0 Å². The monoisotopic (exact) mass is 281 g/mol. The van der Waals surface area contributed by atoms with Crippen LogP contribution in [-0.2, 0) is 4.79 Å². The zero-order valence-corrected chi connectivity index (χ0v) is 10.7. The first-order chi connectivity index (χ1) is 9.42. The van der Waals surface area contributed by atoms with Crippen LogP contribution in [0.15, 0.2) is 12.3 Å². The van der Waals surface area contributed by atoms with Gasteiger partial charge in [-0.2, -0.15) is 0 Å². The number of rotatable bonds is 5. The second kappa shape index (κ2) is 5.32. The molecule has 1 amide bonds. The number of nitro groups is 1. The molecule has 1 heterocycles. The van der Waals surface area contributed by atoms with Gasteiger partial charge in [0.25, 0.3) is 11.6 Å². The summed E-state index contributed by atoms with van der Waals surface area (Å²) in [7, 11) is 0. The number of hydrogen-bond acceptors (Lipinski definition) is 4. The summed E-state index contributed by atoms with van der Waals surface area (Å²) < 4.78 is 0. The van der Waals surface area contributed by atoms with E-state index in [0.717, 1.165) is 25.1 Å². The molecule has 3 N–H and O–H groups in total. The van der Waals surface area contributed by atoms with Crippen LogP contribution >= 0.6 is 0 Å². The number of carboxylic acids is 1. The number of nitrogens with zero attached hydrogens (tertiary/aromatic N) is 1. The molecule has 108 valence electrons. The third kappa shape index (κ3) is 2.95. The number of aliphatic carboxylic acids is 1. The first kappa shape index (κ1) is 14.0. The van der Waals surface area contributed by atoms with Crippen molar-refractivity contribution in [3.05, 3.63) is 28.1 Å². The van der Waals surface area contributed by atoms with E-state index >= 15 is 0 Å². The van der Waals surface area contributed by atoms with E-state index in [1.54, 1.807) is 0 Å². The van der Waals surface area contributed by atoms with Gasteiger partial charge in [0.15, 0.2) is 0 Å². The second-order valence-corrected chi connectivity index (χ2v) is 5.04. The summed E-state index contributed by atoms with van der Waals surface area (Å²) in [6.45, 7) is 0. The molecule has 0 radical (unpaired) electrons. The summed E-state index contributed by atoms with van der Waals surface area (Å²) >= 11 is 0. The highest BCUT2D eigenvalue weighted by Gasteiger charge is 2.38. The Hall–Kier alpha value is -2.38. The molecule has 2 rings (SSSR count). The van der Waals surface area contributed by atoms with Crippen LogP contribution in [0.4, 0.5) is 5.69 Å². The number of amides is 1. The topological polar surface area (TPSA) is 125 Å². The number of H-pyrrole nitrogens is 1. The Morgan fingerprint density at radius 2 is 2.10 bits per heavy atom. The van der Waals surface area contributed by atoms with Gasteiger partial charge in [-0.05, 0) is 12.8 Å². The van der Waals surface area contributed by atoms with Gasteiger partial charge >= 0.3 is 5.97 Å². The molecule has 0 aromatic carbocycles. The molecule has 0 unspecified atom stereocenters. The Balaban J connectivity index is 2.11. The third-order valence-electron chi connectivity index (χ3n) is 3.55. The van der Waals surface area contributed by atoms with Crippen molar-refractivity contribution in [2.75, 3.05) is 0 Å². The van der Waals surface area contributed by atoms with E-state index in [9.17, 15) is 19.7 Å². The molecule has 8 nitrogen and oxygen atoms in total. The fourth-order valence-electron chi connectivity index (χ4n) is 2.61. The van der Waals surface area contributed by atoms with Gasteiger partial charge in [0.2, 0.25) is 0 Å². The normalized spacial score (nSPS) is 16.8. The Labute approximate surface area is 114 Å². The fraction of sp³-hybridized carbons (Fsp3) is 0.500. The summed E-state index contributed by atoms with van der Waals surface area (Å²) in [4.78, 5) is 35.5. The van der Waals surface area contributed by atoms with E-state index in [4.69, 9.17) is 5.11 Å². The number of nitrogens with one attached hydrogen (secondary N) is 2. The zero-order valence-electron chi connectivity index (χ0n) is 10.7. The lowest BCUT2D eigenvalue weighted by Gasteiger charge is -2.28. The highest BCUT2D eigenvalue weighted by atomic mass is 16.6. The Kier molecular flexibility index (Phi) is 3.73. The summed E-state index contributed by atoms with van der Waals surface area (Å²) in [5, 5.41) is 22.2. The van der Waals surface area contributed by atoms with E-state index in [2.05, 4.69) is 10.3 Å². The highest BCUT2D eigenvalue weighted by Crippen LogP contribution is 2.33. The summed E-state index contributed by atoms with van der Waals surface area (Å²) in [5.74, 6) is -1.48. The minimum Gasteiger partial charge on any atom is -0.481 e. The summed E-state index contributed by atoms with van der Waals surface area (Å²) in [6, 6.07) is 1.14. The molecule has 1 aromatic heterocycles. The van der Waals surface area contributed by atoms with Gasteiger partial charge in [0.1, 0.15) is 5.69 Å². The minimum absolute atomic E-state index is 0.0633. The molecule has 1 aliphatic rings. The maximum absolute atomic E-state index is 12.1. The molecule has 0 bridgehead atoms. The maximum atomic E-state index is 12.1. The summed E-state index contributed by atoms with van der Waals surface area (Å²) in [6.07, 6.45) is 3.92. The number of carbonyl (C=O) groups is 2. The number of aromatic amines is 1. The number of hydrogen-bond donors (Lipinski definition) is 3. The van der Waals surface area contributed by atoms with Crippen molar-refractivity contribution in [3.8, 4) is 0 Å². The van der Waals surface area contributed by atoms with E-state index < -0.39 is 22.3 Å². The molecule has 1 aliphatic carbocycles. The van der Waals surface area contributed by atoms with Crippen LogP contribution in [0.3, 0.4) is 0 Å². The van der Waals surface area contributed by atoms with Crippen molar-refractivity contribution >= 4 is 17.6 Å².